The number of halogens is 1. The van der Waals surface area contributed by atoms with E-state index >= 15 is 0 Å². The van der Waals surface area contributed by atoms with Gasteiger partial charge in [0, 0.05) is 11.6 Å². The second kappa shape index (κ2) is 4.82. The van der Waals surface area contributed by atoms with Crippen LogP contribution in [0.25, 0.3) is 10.9 Å². The van der Waals surface area contributed by atoms with Crippen LogP contribution in [0.3, 0.4) is 0 Å². The van der Waals surface area contributed by atoms with E-state index < -0.39 is 17.2 Å². The summed E-state index contributed by atoms with van der Waals surface area (Å²) in [6.45, 7) is 0. The summed E-state index contributed by atoms with van der Waals surface area (Å²) >= 11 is 1.13. The maximum atomic E-state index is 13.5. The van der Waals surface area contributed by atoms with Gasteiger partial charge in [0.2, 0.25) is 10.6 Å². The fraction of sp³-hybridized carbons (Fsp3) is 0. The monoisotopic (exact) mass is 290 g/mol. The van der Waals surface area contributed by atoms with E-state index in [1.165, 1.54) is 29.9 Å². The number of carbonyl (C=O) groups is 1. The molecule has 2 N–H and O–H groups in total. The Kier molecular flexibility index (Phi) is 2.99. The zero-order valence-corrected chi connectivity index (χ0v) is 10.7. The Morgan fingerprint density at radius 3 is 3.00 bits per heavy atom. The molecule has 20 heavy (non-hydrogen) atoms. The molecule has 0 saturated heterocycles. The Balaban J connectivity index is 2.07. The van der Waals surface area contributed by atoms with Gasteiger partial charge in [0.15, 0.2) is 0 Å². The zero-order valence-electron chi connectivity index (χ0n) is 9.88. The summed E-state index contributed by atoms with van der Waals surface area (Å²) in [4.78, 5) is 26.8. The number of hydrogen-bond acceptors (Lipinski definition) is 5. The number of amides is 1. The topological polar surface area (TPSA) is 87.7 Å². The molecule has 1 amide bonds. The number of nitrogens with one attached hydrogen (secondary N) is 2. The summed E-state index contributed by atoms with van der Waals surface area (Å²) < 4.78 is 13.5. The fourth-order valence-corrected chi connectivity index (χ4v) is 2.22. The molecule has 3 rings (SSSR count). The number of fused-ring (bicyclic) bond motifs is 1. The number of pyridine rings is 1. The van der Waals surface area contributed by atoms with Crippen molar-refractivity contribution in [1.29, 1.82) is 0 Å². The maximum Gasteiger partial charge on any atom is 0.262 e. The van der Waals surface area contributed by atoms with Crippen molar-refractivity contribution in [2.75, 3.05) is 5.32 Å². The molecule has 0 radical (unpaired) electrons. The Bertz CT molecular complexity index is 844. The van der Waals surface area contributed by atoms with Gasteiger partial charge in [-0.05, 0) is 12.1 Å². The first kappa shape index (κ1) is 12.4. The molecular formula is C12H7FN4O2S. The van der Waals surface area contributed by atoms with Gasteiger partial charge in [0.1, 0.15) is 16.9 Å². The van der Waals surface area contributed by atoms with Crippen LogP contribution in [0, 0.1) is 5.82 Å². The number of hydrogen-bond donors (Lipinski definition) is 2. The van der Waals surface area contributed by atoms with Crippen molar-refractivity contribution >= 4 is 33.3 Å². The molecule has 0 aliphatic heterocycles. The summed E-state index contributed by atoms with van der Waals surface area (Å²) in [5, 5.41) is 10.1. The van der Waals surface area contributed by atoms with Crippen LogP contribution in [0.1, 0.15) is 10.4 Å². The fourth-order valence-electron chi connectivity index (χ4n) is 1.78. The molecule has 0 aliphatic carbocycles. The van der Waals surface area contributed by atoms with E-state index in [9.17, 15) is 14.0 Å². The number of aromatic nitrogens is 3. The largest absolute Gasteiger partial charge is 0.358 e. The number of rotatable bonds is 2. The SMILES string of the molecule is O=C(Nc1nncs1)c1c[nH]c2c(F)cccc2c1=O. The van der Waals surface area contributed by atoms with Gasteiger partial charge >= 0.3 is 0 Å². The summed E-state index contributed by atoms with van der Waals surface area (Å²) in [5.41, 5.74) is 0.874. The molecule has 2 heterocycles. The minimum Gasteiger partial charge on any atom is -0.358 e. The summed E-state index contributed by atoms with van der Waals surface area (Å²) in [6, 6.07) is 4.11. The summed E-state index contributed by atoms with van der Waals surface area (Å²) in [6.07, 6.45) is 1.18. The molecule has 1 aromatic carbocycles. The molecule has 0 unspecified atom stereocenters. The van der Waals surface area contributed by atoms with Gasteiger partial charge in [-0.2, -0.15) is 0 Å². The molecule has 3 aromatic rings. The molecule has 0 fully saturated rings. The van der Waals surface area contributed by atoms with E-state index in [4.69, 9.17) is 0 Å². The Morgan fingerprint density at radius 1 is 1.40 bits per heavy atom. The van der Waals surface area contributed by atoms with Crippen LogP contribution in [0.4, 0.5) is 9.52 Å². The molecular weight excluding hydrogens is 283 g/mol. The number of aromatic amines is 1. The first-order valence-corrected chi connectivity index (χ1v) is 6.42. The van der Waals surface area contributed by atoms with Crippen LogP contribution < -0.4 is 10.7 Å². The van der Waals surface area contributed by atoms with Crippen LogP contribution in [-0.2, 0) is 0 Å². The predicted molar refractivity (Wildman–Crippen MR) is 72.4 cm³/mol. The first-order valence-electron chi connectivity index (χ1n) is 5.54. The lowest BCUT2D eigenvalue weighted by atomic mass is 10.1. The normalized spacial score (nSPS) is 10.7. The molecule has 0 aliphatic rings. The molecule has 0 bridgehead atoms. The summed E-state index contributed by atoms with van der Waals surface area (Å²) in [5.74, 6) is -1.16. The highest BCUT2D eigenvalue weighted by Gasteiger charge is 2.15. The number of carbonyl (C=O) groups excluding carboxylic acids is 1. The first-order chi connectivity index (χ1) is 9.66. The van der Waals surface area contributed by atoms with Crippen LogP contribution in [0.2, 0.25) is 0 Å². The number of nitrogens with zero attached hydrogens (tertiary/aromatic N) is 2. The summed E-state index contributed by atoms with van der Waals surface area (Å²) in [7, 11) is 0. The Hall–Kier alpha value is -2.61. The van der Waals surface area contributed by atoms with E-state index in [2.05, 4.69) is 20.5 Å². The van der Waals surface area contributed by atoms with Crippen LogP contribution in [-0.4, -0.2) is 21.1 Å². The minimum absolute atomic E-state index is 0.0740. The van der Waals surface area contributed by atoms with Gasteiger partial charge in [0.25, 0.3) is 5.91 Å². The molecule has 0 saturated carbocycles. The van der Waals surface area contributed by atoms with Crippen LogP contribution >= 0.6 is 11.3 Å². The van der Waals surface area contributed by atoms with Gasteiger partial charge in [-0.25, -0.2) is 4.39 Å². The highest BCUT2D eigenvalue weighted by atomic mass is 32.1. The Morgan fingerprint density at radius 2 is 2.25 bits per heavy atom. The van der Waals surface area contributed by atoms with Crippen molar-refractivity contribution in [3.63, 3.8) is 0 Å². The quantitative estimate of drug-likeness (QED) is 0.753. The van der Waals surface area contributed by atoms with Crippen molar-refractivity contribution in [2.24, 2.45) is 0 Å². The van der Waals surface area contributed by atoms with Gasteiger partial charge in [-0.3, -0.25) is 14.9 Å². The van der Waals surface area contributed by atoms with Gasteiger partial charge in [-0.1, -0.05) is 17.4 Å². The highest BCUT2D eigenvalue weighted by Crippen LogP contribution is 2.13. The van der Waals surface area contributed by atoms with Crippen molar-refractivity contribution in [2.45, 2.75) is 0 Å². The van der Waals surface area contributed by atoms with Crippen molar-refractivity contribution in [1.82, 2.24) is 15.2 Å². The number of para-hydroxylation sites is 1. The minimum atomic E-state index is -0.617. The lowest BCUT2D eigenvalue weighted by Gasteiger charge is -2.03. The third-order valence-electron chi connectivity index (χ3n) is 2.69. The number of H-pyrrole nitrogens is 1. The van der Waals surface area contributed by atoms with Crippen LogP contribution in [0.5, 0.6) is 0 Å². The van der Waals surface area contributed by atoms with E-state index in [0.29, 0.717) is 0 Å². The molecule has 6 nitrogen and oxygen atoms in total. The zero-order chi connectivity index (χ0) is 14.1. The van der Waals surface area contributed by atoms with Crippen molar-refractivity contribution in [3.8, 4) is 0 Å². The number of benzene rings is 1. The van der Waals surface area contributed by atoms with Gasteiger partial charge in [0.05, 0.1) is 5.52 Å². The average Bonchev–Trinajstić information content (AvgIpc) is 2.93. The molecule has 8 heteroatoms. The number of anilines is 1. The van der Waals surface area contributed by atoms with Gasteiger partial charge in [-0.15, -0.1) is 10.2 Å². The van der Waals surface area contributed by atoms with Crippen molar-refractivity contribution in [3.05, 3.63) is 51.5 Å². The Labute approximate surface area is 115 Å². The lowest BCUT2D eigenvalue weighted by molar-refractivity contribution is 0.102. The van der Waals surface area contributed by atoms with E-state index in [1.807, 2.05) is 0 Å². The van der Waals surface area contributed by atoms with E-state index in [0.717, 1.165) is 11.3 Å². The van der Waals surface area contributed by atoms with E-state index in [1.54, 1.807) is 0 Å². The third-order valence-corrected chi connectivity index (χ3v) is 3.30. The lowest BCUT2D eigenvalue weighted by Crippen LogP contribution is -2.22. The van der Waals surface area contributed by atoms with Gasteiger partial charge < -0.3 is 4.98 Å². The molecule has 2 aromatic heterocycles. The molecule has 100 valence electrons. The second-order valence-electron chi connectivity index (χ2n) is 3.89. The predicted octanol–water partition coefficient (Wildman–Crippen LogP) is 1.77. The standard InChI is InChI=1S/C12H7FN4O2S/c13-8-3-1-2-6-9(8)14-4-7(10(6)18)11(19)16-12-17-15-5-20-12/h1-5H,(H,14,18)(H,16,17,19). The highest BCUT2D eigenvalue weighted by molar-refractivity contribution is 7.13. The third kappa shape index (κ3) is 2.05. The second-order valence-corrected chi connectivity index (χ2v) is 4.73. The average molecular weight is 290 g/mol. The van der Waals surface area contributed by atoms with Crippen molar-refractivity contribution < 1.29 is 9.18 Å². The van der Waals surface area contributed by atoms with Crippen LogP contribution in [0.15, 0.2) is 34.7 Å². The maximum absolute atomic E-state index is 13.5. The molecule has 0 atom stereocenters. The molecule has 0 spiro atoms. The van der Waals surface area contributed by atoms with E-state index in [-0.39, 0.29) is 21.6 Å². The smallest absolute Gasteiger partial charge is 0.262 e.